The van der Waals surface area contributed by atoms with Crippen molar-refractivity contribution in [2.24, 2.45) is 0 Å². The predicted octanol–water partition coefficient (Wildman–Crippen LogP) is 2.97. The van der Waals surface area contributed by atoms with Crippen LogP contribution in [-0.2, 0) is 17.8 Å². The van der Waals surface area contributed by atoms with Crippen LogP contribution < -0.4 is 10.6 Å². The fraction of sp³-hybridized carbons (Fsp3) is 0.200. The smallest absolute Gasteiger partial charge is 0.326 e. The van der Waals surface area contributed by atoms with Gasteiger partial charge in [-0.25, -0.2) is 9.59 Å². The average Bonchev–Trinajstić information content (AvgIpc) is 3.04. The summed E-state index contributed by atoms with van der Waals surface area (Å²) in [5, 5.41) is 15.7. The highest BCUT2D eigenvalue weighted by Crippen LogP contribution is 2.19. The van der Waals surface area contributed by atoms with Gasteiger partial charge in [0.15, 0.2) is 0 Å². The number of amides is 2. The molecular formula is C20H21N3O3. The summed E-state index contributed by atoms with van der Waals surface area (Å²) in [6, 6.07) is 13.9. The van der Waals surface area contributed by atoms with Crippen LogP contribution >= 0.6 is 0 Å². The van der Waals surface area contributed by atoms with Gasteiger partial charge >= 0.3 is 12.0 Å². The Hall–Kier alpha value is -3.28. The molecule has 0 aliphatic heterocycles. The summed E-state index contributed by atoms with van der Waals surface area (Å²) in [7, 11) is 0. The van der Waals surface area contributed by atoms with Crippen LogP contribution in [0.1, 0.15) is 16.7 Å². The summed E-state index contributed by atoms with van der Waals surface area (Å²) in [4.78, 5) is 26.8. The molecule has 1 aromatic heterocycles. The Balaban J connectivity index is 1.62. The van der Waals surface area contributed by atoms with E-state index in [-0.39, 0.29) is 6.42 Å². The summed E-state index contributed by atoms with van der Waals surface area (Å²) in [5.74, 6) is -1.07. The maximum absolute atomic E-state index is 12.1. The zero-order valence-electron chi connectivity index (χ0n) is 14.5. The summed E-state index contributed by atoms with van der Waals surface area (Å²) >= 11 is 0. The second kappa shape index (κ2) is 7.74. The Morgan fingerprint density at radius 3 is 2.58 bits per heavy atom. The van der Waals surface area contributed by atoms with E-state index in [1.165, 1.54) is 0 Å². The number of nitrogens with one attached hydrogen (secondary N) is 3. The van der Waals surface area contributed by atoms with Crippen LogP contribution in [0.2, 0.25) is 0 Å². The molecule has 3 aromatic rings. The van der Waals surface area contributed by atoms with Crippen LogP contribution in [0.5, 0.6) is 0 Å². The lowest BCUT2D eigenvalue weighted by Crippen LogP contribution is -2.46. The lowest BCUT2D eigenvalue weighted by atomic mass is 10.1. The Morgan fingerprint density at radius 1 is 1.12 bits per heavy atom. The topological polar surface area (TPSA) is 94.2 Å². The number of rotatable bonds is 6. The van der Waals surface area contributed by atoms with Crippen LogP contribution in [0.15, 0.2) is 54.7 Å². The van der Waals surface area contributed by atoms with Gasteiger partial charge < -0.3 is 20.7 Å². The molecule has 1 atom stereocenters. The monoisotopic (exact) mass is 351 g/mol. The molecule has 2 amide bonds. The molecule has 0 spiro atoms. The quantitative estimate of drug-likeness (QED) is 0.550. The predicted molar refractivity (Wildman–Crippen MR) is 100.0 cm³/mol. The summed E-state index contributed by atoms with van der Waals surface area (Å²) in [5.41, 5.74) is 3.89. The Bertz CT molecular complexity index is 915. The number of hydrogen-bond donors (Lipinski definition) is 4. The van der Waals surface area contributed by atoms with Gasteiger partial charge in [0.25, 0.3) is 0 Å². The van der Waals surface area contributed by atoms with Gasteiger partial charge in [-0.3, -0.25) is 0 Å². The van der Waals surface area contributed by atoms with E-state index in [4.69, 9.17) is 0 Å². The highest BCUT2D eigenvalue weighted by molar-refractivity contribution is 5.86. The second-order valence-electron chi connectivity index (χ2n) is 6.27. The number of carbonyl (C=O) groups is 2. The number of aromatic nitrogens is 1. The molecule has 0 aliphatic rings. The van der Waals surface area contributed by atoms with Gasteiger partial charge in [-0.15, -0.1) is 0 Å². The largest absolute Gasteiger partial charge is 0.480 e. The van der Waals surface area contributed by atoms with Crippen molar-refractivity contribution >= 4 is 22.9 Å². The van der Waals surface area contributed by atoms with Crippen LogP contribution in [0, 0.1) is 6.92 Å². The molecule has 0 saturated carbocycles. The van der Waals surface area contributed by atoms with Crippen molar-refractivity contribution in [3.63, 3.8) is 0 Å². The van der Waals surface area contributed by atoms with E-state index in [1.54, 1.807) is 6.20 Å². The number of fused-ring (bicyclic) bond motifs is 1. The molecule has 6 nitrogen and oxygen atoms in total. The van der Waals surface area contributed by atoms with Crippen molar-refractivity contribution in [2.75, 3.05) is 0 Å². The van der Waals surface area contributed by atoms with Crippen LogP contribution in [-0.4, -0.2) is 28.1 Å². The Kier molecular flexibility index (Phi) is 5.22. The molecule has 0 bridgehead atoms. The van der Waals surface area contributed by atoms with Gasteiger partial charge in [0, 0.05) is 30.1 Å². The number of urea groups is 1. The van der Waals surface area contributed by atoms with Crippen LogP contribution in [0.3, 0.4) is 0 Å². The zero-order valence-corrected chi connectivity index (χ0v) is 14.5. The lowest BCUT2D eigenvalue weighted by molar-refractivity contribution is -0.139. The van der Waals surface area contributed by atoms with Gasteiger partial charge in [0.1, 0.15) is 6.04 Å². The molecule has 3 rings (SSSR count). The number of aliphatic carboxylic acids is 1. The number of carbonyl (C=O) groups excluding carboxylic acids is 1. The third-order valence-corrected chi connectivity index (χ3v) is 4.28. The summed E-state index contributed by atoms with van der Waals surface area (Å²) in [6.07, 6.45) is 1.99. The molecule has 0 aliphatic carbocycles. The molecule has 26 heavy (non-hydrogen) atoms. The van der Waals surface area contributed by atoms with E-state index in [1.807, 2.05) is 55.5 Å². The molecule has 134 valence electrons. The van der Waals surface area contributed by atoms with Crippen molar-refractivity contribution in [3.05, 3.63) is 71.4 Å². The third-order valence-electron chi connectivity index (χ3n) is 4.28. The first-order chi connectivity index (χ1) is 12.5. The molecule has 6 heteroatoms. The number of hydrogen-bond acceptors (Lipinski definition) is 2. The molecule has 0 radical (unpaired) electrons. The van der Waals surface area contributed by atoms with Gasteiger partial charge in [0.05, 0.1) is 0 Å². The fourth-order valence-corrected chi connectivity index (χ4v) is 2.82. The highest BCUT2D eigenvalue weighted by Gasteiger charge is 2.21. The normalized spacial score (nSPS) is 11.9. The maximum atomic E-state index is 12.1. The van der Waals surface area contributed by atoms with E-state index in [9.17, 15) is 14.7 Å². The van der Waals surface area contributed by atoms with Crippen molar-refractivity contribution in [1.29, 1.82) is 0 Å². The Labute approximate surface area is 151 Å². The maximum Gasteiger partial charge on any atom is 0.326 e. The van der Waals surface area contributed by atoms with E-state index in [0.717, 1.165) is 27.6 Å². The SMILES string of the molecule is Cc1ccc(CNC(=O)N[C@@H](Cc2c[nH]c3ccccc23)C(=O)O)cc1. The Morgan fingerprint density at radius 2 is 1.85 bits per heavy atom. The van der Waals surface area contributed by atoms with Crippen LogP contribution in [0.25, 0.3) is 10.9 Å². The highest BCUT2D eigenvalue weighted by atomic mass is 16.4. The van der Waals surface area contributed by atoms with E-state index >= 15 is 0 Å². The second-order valence-corrected chi connectivity index (χ2v) is 6.27. The molecule has 4 N–H and O–H groups in total. The van der Waals surface area contributed by atoms with E-state index < -0.39 is 18.0 Å². The number of carboxylic acid groups (broad SMARTS) is 1. The number of H-pyrrole nitrogens is 1. The van der Waals surface area contributed by atoms with Crippen LogP contribution in [0.4, 0.5) is 4.79 Å². The first kappa shape index (κ1) is 17.5. The number of benzene rings is 2. The van der Waals surface area contributed by atoms with Crippen molar-refractivity contribution in [3.8, 4) is 0 Å². The summed E-state index contributed by atoms with van der Waals surface area (Å²) < 4.78 is 0. The number of para-hydroxylation sites is 1. The van der Waals surface area contributed by atoms with Crippen molar-refractivity contribution < 1.29 is 14.7 Å². The average molecular weight is 351 g/mol. The summed E-state index contributed by atoms with van der Waals surface area (Å²) in [6.45, 7) is 2.33. The molecule has 0 fully saturated rings. The standard InChI is InChI=1S/C20H21N3O3/c1-13-6-8-14(9-7-13)11-22-20(26)23-18(19(24)25)10-15-12-21-17-5-3-2-4-16(15)17/h2-9,12,18,21H,10-11H2,1H3,(H,24,25)(H2,22,23,26)/t18-/m0/s1. The molecular weight excluding hydrogens is 330 g/mol. The number of aromatic amines is 1. The van der Waals surface area contributed by atoms with Gasteiger partial charge in [-0.2, -0.15) is 0 Å². The molecule has 2 aromatic carbocycles. The van der Waals surface area contributed by atoms with E-state index in [2.05, 4.69) is 15.6 Å². The molecule has 0 saturated heterocycles. The molecule has 1 heterocycles. The van der Waals surface area contributed by atoms with Crippen molar-refractivity contribution in [1.82, 2.24) is 15.6 Å². The van der Waals surface area contributed by atoms with Gasteiger partial charge in [-0.1, -0.05) is 48.0 Å². The first-order valence-electron chi connectivity index (χ1n) is 8.40. The minimum atomic E-state index is -1.07. The van der Waals surface area contributed by atoms with Gasteiger partial charge in [-0.05, 0) is 24.1 Å². The molecule has 0 unspecified atom stereocenters. The third kappa shape index (κ3) is 4.22. The fourth-order valence-electron chi connectivity index (χ4n) is 2.82. The number of aryl methyl sites for hydroxylation is 1. The minimum Gasteiger partial charge on any atom is -0.480 e. The minimum absolute atomic E-state index is 0.206. The lowest BCUT2D eigenvalue weighted by Gasteiger charge is -2.15. The van der Waals surface area contributed by atoms with E-state index in [0.29, 0.717) is 6.54 Å². The number of carboxylic acids is 1. The first-order valence-corrected chi connectivity index (χ1v) is 8.40. The van der Waals surface area contributed by atoms with Crippen molar-refractivity contribution in [2.45, 2.75) is 25.9 Å². The zero-order chi connectivity index (χ0) is 18.5. The van der Waals surface area contributed by atoms with Gasteiger partial charge in [0.2, 0.25) is 0 Å².